The van der Waals surface area contributed by atoms with Crippen molar-refractivity contribution in [3.8, 4) is 0 Å². The number of rotatable bonds is 1. The first kappa shape index (κ1) is 13.3. The minimum absolute atomic E-state index is 0.117. The molecule has 1 atom stereocenters. The number of nitrogens with one attached hydrogen (secondary N) is 2. The van der Waals surface area contributed by atoms with Crippen LogP contribution in [-0.4, -0.2) is 55.0 Å². The van der Waals surface area contributed by atoms with Gasteiger partial charge in [-0.05, 0) is 0 Å². The highest BCUT2D eigenvalue weighted by Gasteiger charge is 2.49. The zero-order valence-corrected chi connectivity index (χ0v) is 8.80. The first-order chi connectivity index (χ1) is 7.79. The summed E-state index contributed by atoms with van der Waals surface area (Å²) in [6.45, 7) is -0.476. The Morgan fingerprint density at radius 3 is 2.53 bits per heavy atom. The zero-order chi connectivity index (χ0) is 13.2. The smallest absolute Gasteiger partial charge is 0.357 e. The third-order valence-electron chi connectivity index (χ3n) is 2.21. The molecule has 96 valence electrons. The van der Waals surface area contributed by atoms with Crippen molar-refractivity contribution in [3.05, 3.63) is 0 Å². The highest BCUT2D eigenvalue weighted by atomic mass is 19.4. The van der Waals surface area contributed by atoms with Crippen molar-refractivity contribution >= 4 is 17.7 Å². The molecule has 0 spiro atoms. The lowest BCUT2D eigenvalue weighted by Crippen LogP contribution is -2.64. The van der Waals surface area contributed by atoms with Gasteiger partial charge in [0.25, 0.3) is 11.8 Å². The minimum Gasteiger partial charge on any atom is -0.357 e. The van der Waals surface area contributed by atoms with Crippen LogP contribution < -0.4 is 10.6 Å². The quantitative estimate of drug-likeness (QED) is 0.565. The van der Waals surface area contributed by atoms with Crippen molar-refractivity contribution in [2.75, 3.05) is 20.1 Å². The molecule has 17 heavy (non-hydrogen) atoms. The number of hydrogen-bond donors (Lipinski definition) is 2. The van der Waals surface area contributed by atoms with E-state index in [1.165, 1.54) is 7.05 Å². The van der Waals surface area contributed by atoms with Gasteiger partial charge >= 0.3 is 12.1 Å². The van der Waals surface area contributed by atoms with Crippen LogP contribution >= 0.6 is 0 Å². The molecular formula is C8H10F3N3O3. The molecule has 0 aromatic heterocycles. The maximum atomic E-state index is 12.2. The van der Waals surface area contributed by atoms with E-state index in [0.29, 0.717) is 0 Å². The van der Waals surface area contributed by atoms with E-state index >= 15 is 0 Å². The molecule has 9 heteroatoms. The van der Waals surface area contributed by atoms with Gasteiger partial charge in [0.2, 0.25) is 0 Å². The second-order valence-corrected chi connectivity index (χ2v) is 3.30. The topological polar surface area (TPSA) is 78.5 Å². The molecule has 1 aliphatic heterocycles. The summed E-state index contributed by atoms with van der Waals surface area (Å²) < 4.78 is 36.7. The van der Waals surface area contributed by atoms with E-state index in [2.05, 4.69) is 5.32 Å². The van der Waals surface area contributed by atoms with Crippen LogP contribution in [0.25, 0.3) is 0 Å². The highest BCUT2D eigenvalue weighted by Crippen LogP contribution is 2.21. The Balaban J connectivity index is 2.98. The van der Waals surface area contributed by atoms with Gasteiger partial charge in [0, 0.05) is 20.1 Å². The lowest BCUT2D eigenvalue weighted by Gasteiger charge is -2.33. The minimum atomic E-state index is -5.11. The summed E-state index contributed by atoms with van der Waals surface area (Å²) >= 11 is 0. The second-order valence-electron chi connectivity index (χ2n) is 3.30. The van der Waals surface area contributed by atoms with E-state index in [1.54, 1.807) is 0 Å². The SMILES string of the molecule is CNC(=O)C1C(=O)NCCN1C(=O)C(F)(F)F. The molecule has 3 amide bonds. The molecular weight excluding hydrogens is 243 g/mol. The molecule has 1 unspecified atom stereocenters. The van der Waals surface area contributed by atoms with Crippen molar-refractivity contribution in [1.82, 2.24) is 15.5 Å². The normalized spacial score (nSPS) is 20.8. The number of amides is 3. The molecule has 0 aromatic carbocycles. The van der Waals surface area contributed by atoms with Gasteiger partial charge in [0.05, 0.1) is 0 Å². The molecule has 0 aliphatic carbocycles. The number of carbonyl (C=O) groups excluding carboxylic acids is 3. The number of piperazine rings is 1. The summed E-state index contributed by atoms with van der Waals surface area (Å²) in [5.74, 6) is -4.08. The first-order valence-corrected chi connectivity index (χ1v) is 4.66. The molecule has 0 aromatic rings. The van der Waals surface area contributed by atoms with E-state index in [1.807, 2.05) is 5.32 Å². The molecule has 6 nitrogen and oxygen atoms in total. The van der Waals surface area contributed by atoms with Crippen molar-refractivity contribution < 1.29 is 27.6 Å². The van der Waals surface area contributed by atoms with Crippen LogP contribution in [0.2, 0.25) is 0 Å². The Hall–Kier alpha value is -1.80. The molecule has 2 N–H and O–H groups in total. The molecule has 1 rings (SSSR count). The predicted octanol–water partition coefficient (Wildman–Crippen LogP) is -1.38. The third kappa shape index (κ3) is 2.66. The Labute approximate surface area is 94.1 Å². The van der Waals surface area contributed by atoms with Crippen LogP contribution in [0.1, 0.15) is 0 Å². The Morgan fingerprint density at radius 2 is 2.06 bits per heavy atom. The average molecular weight is 253 g/mol. The van der Waals surface area contributed by atoms with Crippen LogP contribution in [0.15, 0.2) is 0 Å². The summed E-state index contributed by atoms with van der Waals surface area (Å²) in [5, 5.41) is 4.26. The van der Waals surface area contributed by atoms with Crippen LogP contribution in [0.3, 0.4) is 0 Å². The molecule has 0 radical (unpaired) electrons. The number of halogens is 3. The maximum absolute atomic E-state index is 12.2. The Bertz CT molecular complexity index is 348. The number of nitrogens with zero attached hydrogens (tertiary/aromatic N) is 1. The van der Waals surface area contributed by atoms with Gasteiger partial charge in [-0.15, -0.1) is 0 Å². The van der Waals surface area contributed by atoms with Crippen LogP contribution in [0.5, 0.6) is 0 Å². The average Bonchev–Trinajstić information content (AvgIpc) is 2.25. The van der Waals surface area contributed by atoms with Crippen molar-refractivity contribution in [1.29, 1.82) is 0 Å². The fourth-order valence-corrected chi connectivity index (χ4v) is 1.45. The third-order valence-corrected chi connectivity index (χ3v) is 2.21. The summed E-state index contributed by atoms with van der Waals surface area (Å²) in [6.07, 6.45) is -5.11. The highest BCUT2D eigenvalue weighted by molar-refractivity contribution is 6.07. The number of alkyl halides is 3. The molecule has 1 saturated heterocycles. The predicted molar refractivity (Wildman–Crippen MR) is 48.6 cm³/mol. The van der Waals surface area contributed by atoms with Gasteiger partial charge in [-0.3, -0.25) is 14.4 Å². The fraction of sp³-hybridized carbons (Fsp3) is 0.625. The van der Waals surface area contributed by atoms with Gasteiger partial charge in [-0.25, -0.2) is 0 Å². The standard InChI is InChI=1S/C8H10F3N3O3/c1-12-5(15)4-6(16)13-2-3-14(4)7(17)8(9,10)11/h4H,2-3H2,1H3,(H,12,15)(H,13,16). The molecule has 1 aliphatic rings. The lowest BCUT2D eigenvalue weighted by atomic mass is 10.1. The summed E-state index contributed by atoms with van der Waals surface area (Å²) in [7, 11) is 1.17. The lowest BCUT2D eigenvalue weighted by molar-refractivity contribution is -0.190. The van der Waals surface area contributed by atoms with Gasteiger partial charge in [-0.2, -0.15) is 13.2 Å². The molecule has 0 bridgehead atoms. The monoisotopic (exact) mass is 253 g/mol. The summed E-state index contributed by atoms with van der Waals surface area (Å²) in [4.78, 5) is 33.8. The molecule has 1 fully saturated rings. The van der Waals surface area contributed by atoms with Crippen molar-refractivity contribution in [2.24, 2.45) is 0 Å². The Morgan fingerprint density at radius 1 is 1.47 bits per heavy atom. The summed E-state index contributed by atoms with van der Waals surface area (Å²) in [6, 6.07) is -1.78. The molecule has 0 saturated carbocycles. The number of likely N-dealkylation sites (N-methyl/N-ethyl adjacent to an activating group) is 1. The van der Waals surface area contributed by atoms with Crippen molar-refractivity contribution in [3.63, 3.8) is 0 Å². The van der Waals surface area contributed by atoms with Gasteiger partial charge in [-0.1, -0.05) is 0 Å². The van der Waals surface area contributed by atoms with Crippen LogP contribution in [-0.2, 0) is 14.4 Å². The van der Waals surface area contributed by atoms with E-state index < -0.39 is 29.9 Å². The van der Waals surface area contributed by atoms with Crippen molar-refractivity contribution in [2.45, 2.75) is 12.2 Å². The van der Waals surface area contributed by atoms with E-state index in [-0.39, 0.29) is 18.0 Å². The Kier molecular flexibility index (Phi) is 3.59. The second kappa shape index (κ2) is 4.60. The summed E-state index contributed by atoms with van der Waals surface area (Å²) in [5.41, 5.74) is 0. The maximum Gasteiger partial charge on any atom is 0.471 e. The largest absolute Gasteiger partial charge is 0.471 e. The first-order valence-electron chi connectivity index (χ1n) is 4.66. The number of carbonyl (C=O) groups is 3. The molecule has 1 heterocycles. The van der Waals surface area contributed by atoms with E-state index in [9.17, 15) is 27.6 Å². The van der Waals surface area contributed by atoms with E-state index in [0.717, 1.165) is 0 Å². The fourth-order valence-electron chi connectivity index (χ4n) is 1.45. The van der Waals surface area contributed by atoms with Gasteiger partial charge < -0.3 is 15.5 Å². The van der Waals surface area contributed by atoms with Crippen LogP contribution in [0.4, 0.5) is 13.2 Å². The van der Waals surface area contributed by atoms with E-state index in [4.69, 9.17) is 0 Å². The van der Waals surface area contributed by atoms with Gasteiger partial charge in [0.1, 0.15) is 0 Å². The van der Waals surface area contributed by atoms with Gasteiger partial charge in [0.15, 0.2) is 6.04 Å². The van der Waals surface area contributed by atoms with Crippen LogP contribution in [0, 0.1) is 0 Å². The zero-order valence-electron chi connectivity index (χ0n) is 8.80. The number of hydrogen-bond acceptors (Lipinski definition) is 3.